The second-order valence-corrected chi connectivity index (χ2v) is 9.44. The highest BCUT2D eigenvalue weighted by atomic mass is 31.2. The number of carbonyl (C=O) groups is 1. The largest absolute Gasteiger partial charge is 0.411 e. The molecule has 3 nitrogen and oxygen atoms in total. The van der Waals surface area contributed by atoms with E-state index in [2.05, 4.69) is 0 Å². The molecule has 0 aliphatic rings. The Bertz CT molecular complexity index is 250. The van der Waals surface area contributed by atoms with Crippen molar-refractivity contribution < 1.29 is 13.9 Å². The van der Waals surface area contributed by atoms with Gasteiger partial charge in [-0.2, -0.15) is 0 Å². The van der Waals surface area contributed by atoms with Gasteiger partial charge in [0.05, 0.1) is 0 Å². The van der Waals surface area contributed by atoms with Crippen LogP contribution in [-0.4, -0.2) is 16.3 Å². The molecule has 0 fully saturated rings. The van der Waals surface area contributed by atoms with Crippen LogP contribution in [0.15, 0.2) is 0 Å². The predicted molar refractivity (Wildman–Crippen MR) is 58.9 cm³/mol. The molecule has 4 heteroatoms. The lowest BCUT2D eigenvalue weighted by Gasteiger charge is -2.38. The van der Waals surface area contributed by atoms with Crippen molar-refractivity contribution in [3.63, 3.8) is 0 Å². The van der Waals surface area contributed by atoms with Gasteiger partial charge in [0.15, 0.2) is 0 Å². The van der Waals surface area contributed by atoms with Gasteiger partial charge in [0.1, 0.15) is 0 Å². The first-order chi connectivity index (χ1) is 5.92. The lowest BCUT2D eigenvalue weighted by molar-refractivity contribution is -0.132. The Kier molecular flexibility index (Phi) is 3.61. The second-order valence-electron chi connectivity index (χ2n) is 5.48. The Morgan fingerprint density at radius 2 is 1.29 bits per heavy atom. The highest BCUT2D eigenvalue weighted by molar-refractivity contribution is 7.62. The van der Waals surface area contributed by atoms with Crippen molar-refractivity contribution in [3.8, 4) is 0 Å². The molecule has 0 atom stereocenters. The first-order valence-electron chi connectivity index (χ1n) is 4.72. The van der Waals surface area contributed by atoms with E-state index in [1.807, 2.05) is 41.5 Å². The molecule has 0 unspecified atom stereocenters. The number of rotatable bonds is 1. The van der Waals surface area contributed by atoms with Gasteiger partial charge in [0.2, 0.25) is 0 Å². The van der Waals surface area contributed by atoms with Gasteiger partial charge in [-0.1, -0.05) is 41.5 Å². The molecule has 14 heavy (non-hydrogen) atoms. The zero-order chi connectivity index (χ0) is 11.8. The first kappa shape index (κ1) is 13.7. The van der Waals surface area contributed by atoms with Crippen LogP contribution in [0.3, 0.4) is 0 Å². The standard InChI is InChI=1S/C10H21O3P/c1-8(11)13-14(12,9(2,3)4)10(5,6)7/h1-7H3. The summed E-state index contributed by atoms with van der Waals surface area (Å²) in [7, 11) is -2.99. The third-order valence-corrected chi connectivity index (χ3v) is 6.07. The summed E-state index contributed by atoms with van der Waals surface area (Å²) in [6, 6.07) is 0. The van der Waals surface area contributed by atoms with Crippen LogP contribution in [0.5, 0.6) is 0 Å². The van der Waals surface area contributed by atoms with Crippen LogP contribution in [-0.2, 0) is 13.9 Å². The van der Waals surface area contributed by atoms with Gasteiger partial charge in [0.25, 0.3) is 7.37 Å². The lowest BCUT2D eigenvalue weighted by Crippen LogP contribution is -2.30. The Hall–Kier alpha value is -0.300. The van der Waals surface area contributed by atoms with E-state index in [1.165, 1.54) is 6.92 Å². The molecule has 0 rings (SSSR count). The molecule has 0 N–H and O–H groups in total. The van der Waals surface area contributed by atoms with Crippen LogP contribution in [0.2, 0.25) is 0 Å². The van der Waals surface area contributed by atoms with Crippen molar-refractivity contribution in [2.24, 2.45) is 0 Å². The molecule has 0 saturated heterocycles. The fourth-order valence-electron chi connectivity index (χ4n) is 1.46. The van der Waals surface area contributed by atoms with E-state index in [9.17, 15) is 9.36 Å². The van der Waals surface area contributed by atoms with Crippen LogP contribution >= 0.6 is 7.37 Å². The normalized spacial score (nSPS) is 13.9. The van der Waals surface area contributed by atoms with Gasteiger partial charge in [-0.3, -0.25) is 9.36 Å². The van der Waals surface area contributed by atoms with Crippen LogP contribution < -0.4 is 0 Å². The average molecular weight is 220 g/mol. The molecular weight excluding hydrogens is 199 g/mol. The van der Waals surface area contributed by atoms with E-state index in [0.29, 0.717) is 0 Å². The number of hydrogen-bond acceptors (Lipinski definition) is 3. The molecule has 0 radical (unpaired) electrons. The zero-order valence-electron chi connectivity index (χ0n) is 10.2. The maximum atomic E-state index is 12.6. The van der Waals surface area contributed by atoms with E-state index in [1.54, 1.807) is 0 Å². The van der Waals surface area contributed by atoms with Crippen molar-refractivity contribution >= 4 is 13.3 Å². The summed E-state index contributed by atoms with van der Waals surface area (Å²) >= 11 is 0. The van der Waals surface area contributed by atoms with Gasteiger partial charge in [-0.15, -0.1) is 0 Å². The molecule has 0 aromatic rings. The zero-order valence-corrected chi connectivity index (χ0v) is 11.1. The molecule has 0 aromatic heterocycles. The summed E-state index contributed by atoms with van der Waals surface area (Å²) in [4.78, 5) is 11.0. The van der Waals surface area contributed by atoms with E-state index in [0.717, 1.165) is 0 Å². The Morgan fingerprint density at radius 3 is 1.36 bits per heavy atom. The summed E-state index contributed by atoms with van der Waals surface area (Å²) in [5, 5.41) is -1.03. The monoisotopic (exact) mass is 220 g/mol. The third kappa shape index (κ3) is 2.60. The molecule has 0 aliphatic carbocycles. The smallest absolute Gasteiger partial charge is 0.307 e. The predicted octanol–water partition coefficient (Wildman–Crippen LogP) is 3.42. The second kappa shape index (κ2) is 3.69. The minimum absolute atomic E-state index is 0.474. The maximum Gasteiger partial charge on any atom is 0.307 e. The van der Waals surface area contributed by atoms with Crippen LogP contribution in [0, 0.1) is 0 Å². The minimum Gasteiger partial charge on any atom is -0.411 e. The topological polar surface area (TPSA) is 43.4 Å². The molecule has 84 valence electrons. The van der Waals surface area contributed by atoms with E-state index in [-0.39, 0.29) is 0 Å². The lowest BCUT2D eigenvalue weighted by atomic mass is 10.2. The summed E-state index contributed by atoms with van der Waals surface area (Å²) in [6.07, 6.45) is 0. The van der Waals surface area contributed by atoms with Crippen LogP contribution in [0.1, 0.15) is 48.5 Å². The molecule has 0 spiro atoms. The average Bonchev–Trinajstić information content (AvgIpc) is 1.79. The summed E-state index contributed by atoms with van der Waals surface area (Å²) in [6.45, 7) is 12.3. The van der Waals surface area contributed by atoms with Gasteiger partial charge in [0, 0.05) is 17.2 Å². The highest BCUT2D eigenvalue weighted by Gasteiger charge is 2.49. The number of carbonyl (C=O) groups excluding carboxylic acids is 1. The van der Waals surface area contributed by atoms with Crippen molar-refractivity contribution in [1.29, 1.82) is 0 Å². The minimum atomic E-state index is -2.99. The Labute approximate surface area is 86.7 Å². The third-order valence-electron chi connectivity index (χ3n) is 2.02. The van der Waals surface area contributed by atoms with Crippen LogP contribution in [0.25, 0.3) is 0 Å². The van der Waals surface area contributed by atoms with Crippen molar-refractivity contribution in [3.05, 3.63) is 0 Å². The number of hydrogen-bond donors (Lipinski definition) is 0. The van der Waals surface area contributed by atoms with Gasteiger partial charge >= 0.3 is 5.97 Å². The molecule has 0 aliphatic heterocycles. The highest BCUT2D eigenvalue weighted by Crippen LogP contribution is 2.67. The summed E-state index contributed by atoms with van der Waals surface area (Å²) in [5.74, 6) is -0.474. The van der Waals surface area contributed by atoms with E-state index < -0.39 is 23.7 Å². The molecular formula is C10H21O3P. The molecule has 0 amide bonds. The van der Waals surface area contributed by atoms with Gasteiger partial charge < -0.3 is 4.52 Å². The fraction of sp³-hybridized carbons (Fsp3) is 0.900. The Morgan fingerprint density at radius 1 is 1.00 bits per heavy atom. The van der Waals surface area contributed by atoms with Gasteiger partial charge in [-0.05, 0) is 0 Å². The fourth-order valence-corrected chi connectivity index (χ4v) is 4.38. The molecule has 0 saturated carbocycles. The maximum absolute atomic E-state index is 12.6. The van der Waals surface area contributed by atoms with Gasteiger partial charge in [-0.25, -0.2) is 0 Å². The van der Waals surface area contributed by atoms with E-state index in [4.69, 9.17) is 4.52 Å². The van der Waals surface area contributed by atoms with E-state index >= 15 is 0 Å². The molecule has 0 aromatic carbocycles. The first-order valence-corrected chi connectivity index (χ1v) is 6.35. The summed E-state index contributed by atoms with van der Waals surface area (Å²) < 4.78 is 17.7. The van der Waals surface area contributed by atoms with Crippen molar-refractivity contribution in [2.45, 2.75) is 58.8 Å². The quantitative estimate of drug-likeness (QED) is 0.636. The van der Waals surface area contributed by atoms with Crippen molar-refractivity contribution in [2.75, 3.05) is 0 Å². The van der Waals surface area contributed by atoms with Crippen molar-refractivity contribution in [1.82, 2.24) is 0 Å². The van der Waals surface area contributed by atoms with Crippen LogP contribution in [0.4, 0.5) is 0 Å². The Balaban J connectivity index is 5.30. The SMILES string of the molecule is CC(=O)OP(=O)(C(C)(C)C)C(C)(C)C. The molecule has 0 heterocycles. The molecule has 0 bridgehead atoms. The summed E-state index contributed by atoms with van der Waals surface area (Å²) in [5.41, 5.74) is 0.